The Labute approximate surface area is 184 Å². The highest BCUT2D eigenvalue weighted by molar-refractivity contribution is 6.32. The van der Waals surface area contributed by atoms with Gasteiger partial charge in [0.2, 0.25) is 0 Å². The van der Waals surface area contributed by atoms with E-state index in [1.165, 1.54) is 47.1 Å². The number of hydrogen-bond acceptors (Lipinski definition) is 7. The van der Waals surface area contributed by atoms with E-state index in [0.717, 1.165) is 0 Å². The Morgan fingerprint density at radius 1 is 1.16 bits per heavy atom. The second-order valence-corrected chi connectivity index (χ2v) is 6.99. The molecule has 1 unspecified atom stereocenters. The van der Waals surface area contributed by atoms with Gasteiger partial charge >= 0.3 is 12.6 Å². The first-order chi connectivity index (χ1) is 15.3. The van der Waals surface area contributed by atoms with E-state index in [2.05, 4.69) is 40.6 Å². The van der Waals surface area contributed by atoms with Crippen LogP contribution in [-0.4, -0.2) is 47.2 Å². The number of ether oxygens (including phenoxy) is 1. The van der Waals surface area contributed by atoms with Crippen LogP contribution < -0.4 is 10.6 Å². The number of fused-ring (bicyclic) bond motifs is 1. The lowest BCUT2D eigenvalue weighted by molar-refractivity contribution is -0.160. The van der Waals surface area contributed by atoms with E-state index in [4.69, 9.17) is 11.6 Å². The van der Waals surface area contributed by atoms with Crippen molar-refractivity contribution in [3.8, 4) is 5.82 Å². The zero-order valence-corrected chi connectivity index (χ0v) is 17.5. The van der Waals surface area contributed by atoms with E-state index >= 15 is 0 Å². The Kier molecular flexibility index (Phi) is 5.92. The maximum absolute atomic E-state index is 12.8. The van der Waals surface area contributed by atoms with Crippen molar-refractivity contribution in [3.05, 3.63) is 53.3 Å². The van der Waals surface area contributed by atoms with Crippen molar-refractivity contribution in [3.63, 3.8) is 0 Å². The van der Waals surface area contributed by atoms with Gasteiger partial charge in [0.15, 0.2) is 11.5 Å². The number of amides is 2. The van der Waals surface area contributed by atoms with E-state index in [1.807, 2.05) is 0 Å². The second kappa shape index (κ2) is 8.80. The molecule has 2 amide bonds. The molecule has 166 valence electrons. The molecule has 0 bridgehead atoms. The van der Waals surface area contributed by atoms with Gasteiger partial charge in [0.1, 0.15) is 6.10 Å². The molecular weight excluding hydrogens is 448 g/mol. The molecule has 0 saturated heterocycles. The van der Waals surface area contributed by atoms with Crippen molar-refractivity contribution >= 4 is 34.7 Å². The number of urea groups is 1. The summed E-state index contributed by atoms with van der Waals surface area (Å²) in [5.41, 5.74) is 1.67. The van der Waals surface area contributed by atoms with Gasteiger partial charge in [-0.1, -0.05) is 11.6 Å². The molecule has 14 heteroatoms. The Balaban J connectivity index is 1.58. The predicted octanol–water partition coefficient (Wildman–Crippen LogP) is 3.61. The van der Waals surface area contributed by atoms with Crippen LogP contribution in [0.4, 0.5) is 25.0 Å². The molecule has 2 N–H and O–H groups in total. The smallest absolute Gasteiger partial charge is 0.313 e. The third-order valence-electron chi connectivity index (χ3n) is 4.27. The van der Waals surface area contributed by atoms with Crippen LogP contribution in [0.1, 0.15) is 24.4 Å². The molecule has 4 aromatic rings. The fourth-order valence-electron chi connectivity index (χ4n) is 3.03. The second-order valence-electron chi connectivity index (χ2n) is 6.58. The largest absolute Gasteiger partial charge is 0.345 e. The molecule has 0 saturated carbocycles. The van der Waals surface area contributed by atoms with Crippen LogP contribution in [-0.2, 0) is 4.74 Å². The highest BCUT2D eigenvalue weighted by atomic mass is 35.5. The monoisotopic (exact) mass is 463 g/mol. The standard InChI is InChI=1S/C18H16ClF2N9O2/c1-9-5-14-22-8-13(15(29(14)28-9)10(2)32-17(20)21)27-18(31)26-11-6-12(19)16(23-7-11)30-24-3-4-25-30/h3-8,10,17H,1-2H3,(H2,26,27,31). The maximum atomic E-state index is 12.8. The number of carbonyl (C=O) groups excluding carboxylic acids is 1. The summed E-state index contributed by atoms with van der Waals surface area (Å²) >= 11 is 6.20. The Morgan fingerprint density at radius 2 is 1.91 bits per heavy atom. The van der Waals surface area contributed by atoms with Crippen molar-refractivity contribution in [1.82, 2.24) is 34.6 Å². The van der Waals surface area contributed by atoms with Crippen molar-refractivity contribution in [2.75, 3.05) is 10.6 Å². The van der Waals surface area contributed by atoms with Crippen LogP contribution in [0.3, 0.4) is 0 Å². The van der Waals surface area contributed by atoms with Gasteiger partial charge in [0.05, 0.1) is 52.6 Å². The fourth-order valence-corrected chi connectivity index (χ4v) is 3.27. The Hall–Kier alpha value is -3.71. The molecule has 4 heterocycles. The topological polar surface area (TPSA) is 124 Å². The number of alkyl halides is 2. The van der Waals surface area contributed by atoms with Crippen molar-refractivity contribution in [1.29, 1.82) is 0 Å². The van der Waals surface area contributed by atoms with E-state index in [1.54, 1.807) is 13.0 Å². The lowest BCUT2D eigenvalue weighted by atomic mass is 10.2. The first-order valence-electron chi connectivity index (χ1n) is 9.21. The van der Waals surface area contributed by atoms with Crippen molar-refractivity contribution in [2.24, 2.45) is 0 Å². The summed E-state index contributed by atoms with van der Waals surface area (Å²) in [6.07, 6.45) is 4.56. The fraction of sp³-hybridized carbons (Fsp3) is 0.222. The third-order valence-corrected chi connectivity index (χ3v) is 4.55. The van der Waals surface area contributed by atoms with Gasteiger partial charge in [-0.2, -0.15) is 24.1 Å². The average molecular weight is 464 g/mol. The molecule has 1 atom stereocenters. The molecular formula is C18H16ClF2N9O2. The third kappa shape index (κ3) is 4.48. The van der Waals surface area contributed by atoms with Gasteiger partial charge in [0, 0.05) is 6.07 Å². The van der Waals surface area contributed by atoms with E-state index < -0.39 is 18.7 Å². The number of anilines is 2. The van der Waals surface area contributed by atoms with Crippen LogP contribution in [0.5, 0.6) is 0 Å². The van der Waals surface area contributed by atoms with Gasteiger partial charge < -0.3 is 15.4 Å². The van der Waals surface area contributed by atoms with Crippen LogP contribution in [0.2, 0.25) is 5.02 Å². The predicted molar refractivity (Wildman–Crippen MR) is 110 cm³/mol. The van der Waals surface area contributed by atoms with Crippen LogP contribution in [0, 0.1) is 6.92 Å². The Morgan fingerprint density at radius 3 is 2.59 bits per heavy atom. The van der Waals surface area contributed by atoms with Crippen molar-refractivity contribution in [2.45, 2.75) is 26.6 Å². The minimum Gasteiger partial charge on any atom is -0.313 e. The zero-order chi connectivity index (χ0) is 22.8. The summed E-state index contributed by atoms with van der Waals surface area (Å²) in [4.78, 5) is 22.1. The van der Waals surface area contributed by atoms with Gasteiger partial charge in [-0.25, -0.2) is 19.3 Å². The van der Waals surface area contributed by atoms with Gasteiger partial charge in [-0.15, -0.1) is 4.80 Å². The number of hydrogen-bond donors (Lipinski definition) is 2. The number of nitrogens with one attached hydrogen (secondary N) is 2. The lowest BCUT2D eigenvalue weighted by Crippen LogP contribution is -2.23. The van der Waals surface area contributed by atoms with Gasteiger partial charge in [-0.05, 0) is 19.9 Å². The zero-order valence-electron chi connectivity index (χ0n) is 16.7. The molecule has 0 fully saturated rings. The molecule has 32 heavy (non-hydrogen) atoms. The molecule has 0 spiro atoms. The molecule has 4 aromatic heterocycles. The number of nitrogens with zero attached hydrogens (tertiary/aromatic N) is 7. The summed E-state index contributed by atoms with van der Waals surface area (Å²) in [5, 5.41) is 17.5. The quantitative estimate of drug-likeness (QED) is 0.447. The summed E-state index contributed by atoms with van der Waals surface area (Å²) in [5.74, 6) is 0.284. The van der Waals surface area contributed by atoms with Crippen molar-refractivity contribution < 1.29 is 18.3 Å². The highest BCUT2D eigenvalue weighted by Crippen LogP contribution is 2.28. The van der Waals surface area contributed by atoms with E-state index in [-0.39, 0.29) is 27.9 Å². The first kappa shape index (κ1) is 21.5. The van der Waals surface area contributed by atoms with Crippen LogP contribution in [0.15, 0.2) is 36.9 Å². The summed E-state index contributed by atoms with van der Waals surface area (Å²) in [6, 6.07) is 2.46. The molecule has 0 radical (unpaired) electrons. The SMILES string of the molecule is Cc1cc2ncc(NC(=O)Nc3cnc(-n4nccn4)c(Cl)c3)c(C(C)OC(F)F)n2n1. The summed E-state index contributed by atoms with van der Waals surface area (Å²) in [6.45, 7) is 0.144. The molecule has 0 aliphatic rings. The first-order valence-corrected chi connectivity index (χ1v) is 9.58. The minimum atomic E-state index is -3.01. The lowest BCUT2D eigenvalue weighted by Gasteiger charge is -2.18. The van der Waals surface area contributed by atoms with Crippen LogP contribution in [0.25, 0.3) is 11.5 Å². The number of aromatic nitrogens is 7. The highest BCUT2D eigenvalue weighted by Gasteiger charge is 2.22. The Bertz CT molecular complexity index is 1260. The molecule has 0 aliphatic carbocycles. The molecule has 4 rings (SSSR count). The number of carbonyl (C=O) groups is 1. The van der Waals surface area contributed by atoms with Gasteiger partial charge in [0.25, 0.3) is 0 Å². The number of rotatable bonds is 6. The maximum Gasteiger partial charge on any atom is 0.345 e. The van der Waals surface area contributed by atoms with Crippen LogP contribution >= 0.6 is 11.6 Å². The summed E-state index contributed by atoms with van der Waals surface area (Å²) < 4.78 is 31.6. The molecule has 11 nitrogen and oxygen atoms in total. The van der Waals surface area contributed by atoms with Gasteiger partial charge in [-0.3, -0.25) is 0 Å². The molecule has 0 aromatic carbocycles. The average Bonchev–Trinajstić information content (AvgIpc) is 3.36. The number of aryl methyl sites for hydroxylation is 1. The molecule has 0 aliphatic heterocycles. The minimum absolute atomic E-state index is 0.141. The number of pyridine rings is 1. The summed E-state index contributed by atoms with van der Waals surface area (Å²) in [7, 11) is 0. The number of halogens is 3. The normalized spacial score (nSPS) is 12.3. The van der Waals surface area contributed by atoms with E-state index in [0.29, 0.717) is 11.3 Å². The van der Waals surface area contributed by atoms with E-state index in [9.17, 15) is 13.6 Å².